The molecule has 0 bridgehead atoms. The van der Waals surface area contributed by atoms with E-state index in [0.717, 1.165) is 0 Å². The van der Waals surface area contributed by atoms with Crippen LogP contribution < -0.4 is 0 Å². The van der Waals surface area contributed by atoms with E-state index in [-0.39, 0.29) is 56.6 Å². The summed E-state index contributed by atoms with van der Waals surface area (Å²) >= 11 is 0. The van der Waals surface area contributed by atoms with Gasteiger partial charge in [-0.05, 0) is 26.2 Å². The summed E-state index contributed by atoms with van der Waals surface area (Å²) < 4.78 is 16.1. The molecule has 27 heavy (non-hydrogen) atoms. The number of esters is 3. The van der Waals surface area contributed by atoms with Crippen molar-refractivity contribution in [2.75, 3.05) is 19.8 Å². The van der Waals surface area contributed by atoms with E-state index in [0.29, 0.717) is 19.3 Å². The van der Waals surface area contributed by atoms with Crippen molar-refractivity contribution >= 4 is 17.9 Å². The molecule has 2 atom stereocenters. The number of rotatable bonds is 12. The summed E-state index contributed by atoms with van der Waals surface area (Å²) in [5.41, 5.74) is -0.500. The van der Waals surface area contributed by atoms with Crippen molar-refractivity contribution < 1.29 is 28.6 Å². The highest BCUT2D eigenvalue weighted by Crippen LogP contribution is 2.26. The molecule has 0 rings (SSSR count). The Morgan fingerprint density at radius 1 is 0.852 bits per heavy atom. The van der Waals surface area contributed by atoms with E-state index >= 15 is 0 Å². The first-order chi connectivity index (χ1) is 12.1. The van der Waals surface area contributed by atoms with Crippen molar-refractivity contribution in [3.05, 3.63) is 12.2 Å². The van der Waals surface area contributed by atoms with Crippen LogP contribution in [0, 0.1) is 17.3 Å². The van der Waals surface area contributed by atoms with Crippen molar-refractivity contribution in [3.8, 4) is 0 Å². The molecule has 0 radical (unpaired) electrons. The lowest BCUT2D eigenvalue weighted by molar-refractivity contribution is -0.164. The maximum absolute atomic E-state index is 12.0. The van der Waals surface area contributed by atoms with Gasteiger partial charge < -0.3 is 14.2 Å². The van der Waals surface area contributed by atoms with Crippen molar-refractivity contribution in [2.45, 2.75) is 68.2 Å². The molecule has 6 nitrogen and oxygen atoms in total. The highest BCUT2D eigenvalue weighted by Gasteiger charge is 2.35. The summed E-state index contributed by atoms with van der Waals surface area (Å²) in [6, 6.07) is 0. The van der Waals surface area contributed by atoms with Crippen LogP contribution in [0.4, 0.5) is 0 Å². The van der Waals surface area contributed by atoms with Gasteiger partial charge in [0.25, 0.3) is 0 Å². The van der Waals surface area contributed by atoms with Crippen LogP contribution >= 0.6 is 0 Å². The SMILES string of the molecule is C.C=C(C)C(=O)OCC(CC)(COC(=O)C(C)CC)COC(=O)C(C)CC. The average molecular weight is 387 g/mol. The van der Waals surface area contributed by atoms with Crippen molar-refractivity contribution in [2.24, 2.45) is 17.3 Å². The predicted octanol–water partition coefficient (Wildman–Crippen LogP) is 4.32. The summed E-state index contributed by atoms with van der Waals surface area (Å²) in [7, 11) is 0. The third-order valence-corrected chi connectivity index (χ3v) is 4.68. The lowest BCUT2D eigenvalue weighted by atomic mass is 9.87. The van der Waals surface area contributed by atoms with E-state index < -0.39 is 11.4 Å². The van der Waals surface area contributed by atoms with Gasteiger partial charge in [0.15, 0.2) is 0 Å². The van der Waals surface area contributed by atoms with Gasteiger partial charge in [-0.3, -0.25) is 9.59 Å². The number of hydrogen-bond acceptors (Lipinski definition) is 6. The van der Waals surface area contributed by atoms with Crippen LogP contribution in [0.1, 0.15) is 68.2 Å². The van der Waals surface area contributed by atoms with Gasteiger partial charge in [-0.15, -0.1) is 0 Å². The lowest BCUT2D eigenvalue weighted by Crippen LogP contribution is -2.40. The van der Waals surface area contributed by atoms with E-state index in [9.17, 15) is 14.4 Å². The molecule has 0 aromatic heterocycles. The van der Waals surface area contributed by atoms with Gasteiger partial charge in [0.05, 0.1) is 17.3 Å². The van der Waals surface area contributed by atoms with Crippen molar-refractivity contribution in [1.82, 2.24) is 0 Å². The lowest BCUT2D eigenvalue weighted by Gasteiger charge is -2.31. The molecule has 0 aliphatic heterocycles. The van der Waals surface area contributed by atoms with Crippen molar-refractivity contribution in [1.29, 1.82) is 0 Å². The average Bonchev–Trinajstić information content (AvgIpc) is 2.65. The van der Waals surface area contributed by atoms with Crippen LogP contribution in [0.5, 0.6) is 0 Å². The van der Waals surface area contributed by atoms with Gasteiger partial charge in [0.2, 0.25) is 0 Å². The highest BCUT2D eigenvalue weighted by molar-refractivity contribution is 5.86. The first-order valence-corrected chi connectivity index (χ1v) is 9.28. The second-order valence-corrected chi connectivity index (χ2v) is 7.04. The summed E-state index contributed by atoms with van der Waals surface area (Å²) in [6.07, 6.45) is 1.86. The molecule has 0 amide bonds. The Hall–Kier alpha value is -1.85. The molecule has 0 saturated heterocycles. The number of carbonyl (C=O) groups is 3. The Labute approximate surface area is 164 Å². The second kappa shape index (κ2) is 13.3. The fourth-order valence-corrected chi connectivity index (χ4v) is 1.84. The molecular formula is C21H38O6. The number of carbonyl (C=O) groups excluding carboxylic acids is 3. The maximum Gasteiger partial charge on any atom is 0.333 e. The Kier molecular flexibility index (Phi) is 13.5. The van der Waals surface area contributed by atoms with E-state index in [1.165, 1.54) is 0 Å². The van der Waals surface area contributed by atoms with Crippen LogP contribution in [0.2, 0.25) is 0 Å². The molecule has 0 aliphatic rings. The second-order valence-electron chi connectivity index (χ2n) is 7.04. The van der Waals surface area contributed by atoms with E-state index in [4.69, 9.17) is 14.2 Å². The zero-order valence-corrected chi connectivity index (χ0v) is 17.1. The Morgan fingerprint density at radius 3 is 1.52 bits per heavy atom. The quantitative estimate of drug-likeness (QED) is 0.282. The summed E-state index contributed by atoms with van der Waals surface area (Å²) in [6.45, 7) is 14.4. The van der Waals surface area contributed by atoms with E-state index in [1.54, 1.807) is 20.8 Å². The van der Waals surface area contributed by atoms with E-state index in [1.807, 2.05) is 20.8 Å². The van der Waals surface area contributed by atoms with Gasteiger partial charge in [-0.1, -0.05) is 48.6 Å². The Bertz CT molecular complexity index is 471. The fraction of sp³-hybridized carbons (Fsp3) is 0.762. The van der Waals surface area contributed by atoms with Gasteiger partial charge in [-0.25, -0.2) is 4.79 Å². The molecule has 0 aliphatic carbocycles. The standard InChI is InChI=1S/C20H34O6.CH4/c1-8-15(6)18(22)25-12-20(10-3,11-24-17(21)14(4)5)13-26-19(23)16(7)9-2;/h15-16H,4,8-13H2,1-3,5-7H3;1H4. The molecule has 0 fully saturated rings. The molecule has 0 aromatic carbocycles. The molecule has 6 heteroatoms. The molecule has 0 aromatic rings. The van der Waals surface area contributed by atoms with E-state index in [2.05, 4.69) is 6.58 Å². The molecule has 158 valence electrons. The molecular weight excluding hydrogens is 348 g/mol. The zero-order valence-electron chi connectivity index (χ0n) is 17.1. The van der Waals surface area contributed by atoms with Crippen LogP contribution in [-0.2, 0) is 28.6 Å². The number of hydrogen-bond donors (Lipinski definition) is 0. The fourth-order valence-electron chi connectivity index (χ4n) is 1.84. The minimum Gasteiger partial charge on any atom is -0.465 e. The first-order valence-electron chi connectivity index (χ1n) is 9.28. The molecule has 0 heterocycles. The molecule has 0 N–H and O–H groups in total. The minimum absolute atomic E-state index is 0. The maximum atomic E-state index is 12.0. The molecule has 0 saturated carbocycles. The highest BCUT2D eigenvalue weighted by atomic mass is 16.6. The normalized spacial score (nSPS) is 14.7. The number of ether oxygens (including phenoxy) is 3. The Balaban J connectivity index is 0. The summed E-state index contributed by atoms with van der Waals surface area (Å²) in [4.78, 5) is 35.8. The zero-order chi connectivity index (χ0) is 20.3. The third-order valence-electron chi connectivity index (χ3n) is 4.68. The van der Waals surface area contributed by atoms with Crippen molar-refractivity contribution in [3.63, 3.8) is 0 Å². The van der Waals surface area contributed by atoms with Crippen LogP contribution in [-0.4, -0.2) is 37.7 Å². The van der Waals surface area contributed by atoms with Gasteiger partial charge in [-0.2, -0.15) is 0 Å². The smallest absolute Gasteiger partial charge is 0.333 e. The molecule has 0 spiro atoms. The van der Waals surface area contributed by atoms with Crippen LogP contribution in [0.25, 0.3) is 0 Å². The van der Waals surface area contributed by atoms with Crippen LogP contribution in [0.15, 0.2) is 12.2 Å². The monoisotopic (exact) mass is 386 g/mol. The topological polar surface area (TPSA) is 78.9 Å². The molecule has 2 unspecified atom stereocenters. The third kappa shape index (κ3) is 9.59. The minimum atomic E-state index is -0.780. The first kappa shape index (κ1) is 27.4. The largest absolute Gasteiger partial charge is 0.465 e. The van der Waals surface area contributed by atoms with Gasteiger partial charge in [0, 0.05) is 5.57 Å². The Morgan fingerprint density at radius 2 is 1.22 bits per heavy atom. The van der Waals surface area contributed by atoms with Gasteiger partial charge >= 0.3 is 17.9 Å². The summed E-state index contributed by atoms with van der Waals surface area (Å²) in [5.74, 6) is -1.59. The predicted molar refractivity (Wildman–Crippen MR) is 106 cm³/mol. The van der Waals surface area contributed by atoms with Gasteiger partial charge in [0.1, 0.15) is 19.8 Å². The van der Waals surface area contributed by atoms with Crippen LogP contribution in [0.3, 0.4) is 0 Å². The summed E-state index contributed by atoms with van der Waals surface area (Å²) in [5, 5.41) is 0.